The van der Waals surface area contributed by atoms with E-state index in [4.69, 9.17) is 4.52 Å². The molecule has 1 aliphatic heterocycles. The summed E-state index contributed by atoms with van der Waals surface area (Å²) in [6, 6.07) is 17.6. The summed E-state index contributed by atoms with van der Waals surface area (Å²) >= 11 is 0. The maximum atomic E-state index is 13.2. The second-order valence-electron chi connectivity index (χ2n) is 8.49. The van der Waals surface area contributed by atoms with Crippen molar-refractivity contribution in [1.29, 1.82) is 0 Å². The normalized spacial score (nSPS) is 13.7. The van der Waals surface area contributed by atoms with Gasteiger partial charge in [-0.05, 0) is 37.6 Å². The predicted molar refractivity (Wildman–Crippen MR) is 130 cm³/mol. The Morgan fingerprint density at radius 2 is 1.88 bits per heavy atom. The van der Waals surface area contributed by atoms with Gasteiger partial charge in [-0.25, -0.2) is 4.98 Å². The van der Waals surface area contributed by atoms with Gasteiger partial charge in [0.1, 0.15) is 0 Å². The lowest BCUT2D eigenvalue weighted by atomic mass is 10.0. The molecule has 1 aliphatic rings. The fourth-order valence-corrected chi connectivity index (χ4v) is 4.11. The van der Waals surface area contributed by atoms with Crippen molar-refractivity contribution in [3.05, 3.63) is 77.0 Å². The number of benzene rings is 2. The lowest BCUT2D eigenvalue weighted by Crippen LogP contribution is -2.47. The highest BCUT2D eigenvalue weighted by atomic mass is 16.5. The van der Waals surface area contributed by atoms with Crippen LogP contribution in [0.15, 0.2) is 59.1 Å². The largest absolute Gasteiger partial charge is 0.360 e. The summed E-state index contributed by atoms with van der Waals surface area (Å²) in [6.45, 7) is 5.97. The first-order valence-electron chi connectivity index (χ1n) is 11.2. The first-order chi connectivity index (χ1) is 16.5. The third-order valence-electron chi connectivity index (χ3n) is 6.00. The van der Waals surface area contributed by atoms with Crippen LogP contribution in [-0.4, -0.2) is 41.6 Å². The van der Waals surface area contributed by atoms with Crippen LogP contribution in [0.25, 0.3) is 22.4 Å². The minimum absolute atomic E-state index is 0.0280. The molecule has 0 saturated carbocycles. The van der Waals surface area contributed by atoms with Gasteiger partial charge in [-0.3, -0.25) is 9.59 Å². The van der Waals surface area contributed by atoms with Gasteiger partial charge in [-0.1, -0.05) is 47.1 Å². The molecule has 2 amide bonds. The van der Waals surface area contributed by atoms with E-state index in [2.05, 4.69) is 20.8 Å². The monoisotopic (exact) mass is 455 g/mol. The van der Waals surface area contributed by atoms with Gasteiger partial charge in [0.05, 0.1) is 28.9 Å². The van der Waals surface area contributed by atoms with Crippen LogP contribution in [-0.2, 0) is 11.3 Å². The quantitative estimate of drug-likeness (QED) is 0.479. The van der Waals surface area contributed by atoms with E-state index in [1.807, 2.05) is 60.4 Å². The summed E-state index contributed by atoms with van der Waals surface area (Å²) < 4.78 is 5.39. The van der Waals surface area contributed by atoms with Gasteiger partial charge >= 0.3 is 0 Å². The molecule has 0 atom stereocenters. The van der Waals surface area contributed by atoms with Crippen molar-refractivity contribution in [3.8, 4) is 11.3 Å². The number of nitrogens with one attached hydrogen (secondary N) is 2. The summed E-state index contributed by atoms with van der Waals surface area (Å²) in [5, 5.41) is 10.5. The molecular formula is C26H25N5O3. The van der Waals surface area contributed by atoms with Crippen molar-refractivity contribution < 1.29 is 14.1 Å². The Labute approximate surface area is 197 Å². The van der Waals surface area contributed by atoms with Gasteiger partial charge in [0, 0.05) is 30.9 Å². The van der Waals surface area contributed by atoms with Crippen LogP contribution < -0.4 is 15.5 Å². The molecule has 172 valence electrons. The molecule has 1 saturated heterocycles. The molecule has 4 aromatic rings. The highest BCUT2D eigenvalue weighted by Crippen LogP contribution is 2.27. The summed E-state index contributed by atoms with van der Waals surface area (Å²) in [5.41, 5.74) is 6.10. The molecule has 0 aliphatic carbocycles. The lowest BCUT2D eigenvalue weighted by Gasteiger charge is -2.28. The summed E-state index contributed by atoms with van der Waals surface area (Å²) in [6.07, 6.45) is 0. The fraction of sp³-hybridized carbons (Fsp3) is 0.231. The van der Waals surface area contributed by atoms with Crippen molar-refractivity contribution in [3.63, 3.8) is 0 Å². The number of hydrogen-bond acceptors (Lipinski definition) is 6. The first-order valence-corrected chi connectivity index (χ1v) is 11.2. The number of fused-ring (bicyclic) bond motifs is 1. The van der Waals surface area contributed by atoms with Crippen molar-refractivity contribution in [2.75, 3.05) is 24.5 Å². The van der Waals surface area contributed by atoms with Gasteiger partial charge in [0.2, 0.25) is 5.91 Å². The van der Waals surface area contributed by atoms with Gasteiger partial charge in [0.25, 0.3) is 11.6 Å². The topological polar surface area (TPSA) is 100 Å². The number of rotatable bonds is 5. The lowest BCUT2D eigenvalue weighted by molar-refractivity contribution is -0.120. The molecule has 0 unspecified atom stereocenters. The number of anilines is 1. The molecule has 2 aromatic heterocycles. The molecule has 0 bridgehead atoms. The molecule has 5 rings (SSSR count). The van der Waals surface area contributed by atoms with Crippen LogP contribution in [0.2, 0.25) is 0 Å². The van der Waals surface area contributed by atoms with Gasteiger partial charge < -0.3 is 20.1 Å². The Morgan fingerprint density at radius 3 is 2.62 bits per heavy atom. The molecule has 2 aromatic carbocycles. The number of carbonyl (C=O) groups excluding carboxylic acids is 2. The van der Waals surface area contributed by atoms with E-state index in [1.165, 1.54) is 0 Å². The second kappa shape index (κ2) is 8.97. The minimum atomic E-state index is -0.219. The van der Waals surface area contributed by atoms with Crippen LogP contribution in [0.5, 0.6) is 0 Å². The molecule has 2 N–H and O–H groups in total. The van der Waals surface area contributed by atoms with Crippen LogP contribution in [0.4, 0.5) is 5.69 Å². The average molecular weight is 456 g/mol. The smallest absolute Gasteiger partial charge is 0.259 e. The van der Waals surface area contributed by atoms with E-state index in [0.29, 0.717) is 47.7 Å². The molecule has 34 heavy (non-hydrogen) atoms. The molecule has 8 nitrogen and oxygen atoms in total. The number of aryl methyl sites for hydroxylation is 2. The minimum Gasteiger partial charge on any atom is -0.360 e. The van der Waals surface area contributed by atoms with E-state index >= 15 is 0 Å². The first kappa shape index (κ1) is 21.6. The van der Waals surface area contributed by atoms with Crippen molar-refractivity contribution in [1.82, 2.24) is 20.8 Å². The highest BCUT2D eigenvalue weighted by molar-refractivity contribution is 6.07. The van der Waals surface area contributed by atoms with E-state index in [9.17, 15) is 9.59 Å². The molecular weight excluding hydrogens is 430 g/mol. The zero-order valence-electron chi connectivity index (χ0n) is 19.1. The number of hydrogen-bond donors (Lipinski definition) is 2. The van der Waals surface area contributed by atoms with Gasteiger partial charge in [0.15, 0.2) is 0 Å². The predicted octanol–water partition coefficient (Wildman–Crippen LogP) is 3.37. The Kier molecular flexibility index (Phi) is 5.71. The molecule has 0 spiro atoms. The number of piperazine rings is 1. The third kappa shape index (κ3) is 4.34. The highest BCUT2D eigenvalue weighted by Gasteiger charge is 2.20. The van der Waals surface area contributed by atoms with Crippen molar-refractivity contribution >= 4 is 28.6 Å². The summed E-state index contributed by atoms with van der Waals surface area (Å²) in [4.78, 5) is 31.5. The molecule has 1 fully saturated rings. The van der Waals surface area contributed by atoms with E-state index in [-0.39, 0.29) is 11.8 Å². The average Bonchev–Trinajstić information content (AvgIpc) is 3.23. The third-order valence-corrected chi connectivity index (χ3v) is 6.00. The Bertz CT molecular complexity index is 1360. The van der Waals surface area contributed by atoms with E-state index < -0.39 is 0 Å². The van der Waals surface area contributed by atoms with Crippen molar-refractivity contribution in [2.24, 2.45) is 0 Å². The van der Waals surface area contributed by atoms with Gasteiger partial charge in [-0.15, -0.1) is 0 Å². The van der Waals surface area contributed by atoms with E-state index in [0.717, 1.165) is 28.9 Å². The number of aromatic nitrogens is 2. The fourth-order valence-electron chi connectivity index (χ4n) is 4.11. The van der Waals surface area contributed by atoms with Gasteiger partial charge in [-0.2, -0.15) is 0 Å². The SMILES string of the molecule is Cc1ccc(-c2cc(C(=O)NCc3ccc(N4CCNC(=O)C4)cc3)c3c(C)noc3n2)cc1. The molecule has 8 heteroatoms. The molecule has 0 radical (unpaired) electrons. The number of amides is 2. The summed E-state index contributed by atoms with van der Waals surface area (Å²) in [7, 11) is 0. The van der Waals surface area contributed by atoms with Crippen molar-refractivity contribution in [2.45, 2.75) is 20.4 Å². The zero-order chi connectivity index (χ0) is 23.7. The second-order valence-corrected chi connectivity index (χ2v) is 8.49. The zero-order valence-corrected chi connectivity index (χ0v) is 19.1. The maximum Gasteiger partial charge on any atom is 0.259 e. The number of pyridine rings is 1. The van der Waals surface area contributed by atoms with Crippen LogP contribution in [0.3, 0.4) is 0 Å². The van der Waals surface area contributed by atoms with Crippen LogP contribution in [0.1, 0.15) is 27.2 Å². The summed E-state index contributed by atoms with van der Waals surface area (Å²) in [5.74, 6) is -0.191. The Morgan fingerprint density at radius 1 is 1.12 bits per heavy atom. The Balaban J connectivity index is 1.35. The Hall–Kier alpha value is -4.20. The standard InChI is InChI=1S/C26H25N5O3/c1-16-3-7-19(8-4-16)22-13-21(24-17(2)30-34-26(24)29-22)25(33)28-14-18-5-9-20(10-6-18)31-12-11-27-23(32)15-31/h3-10,13H,11-12,14-15H2,1-2H3,(H,27,32)(H,28,33). The maximum absolute atomic E-state index is 13.2. The van der Waals surface area contributed by atoms with Crippen LogP contribution >= 0.6 is 0 Å². The number of carbonyl (C=O) groups is 2. The number of nitrogens with zero attached hydrogens (tertiary/aromatic N) is 3. The van der Waals surface area contributed by atoms with E-state index in [1.54, 1.807) is 13.0 Å². The van der Waals surface area contributed by atoms with Crippen LogP contribution in [0, 0.1) is 13.8 Å². The molecule has 3 heterocycles.